The van der Waals surface area contributed by atoms with E-state index in [2.05, 4.69) is 92.0 Å². The van der Waals surface area contributed by atoms with Crippen LogP contribution in [0.1, 0.15) is 216 Å². The molecule has 0 saturated heterocycles. The van der Waals surface area contributed by atoms with Crippen molar-refractivity contribution in [1.29, 1.82) is 0 Å². The largest absolute Gasteiger partial charge is 0.370 e. The van der Waals surface area contributed by atoms with E-state index >= 15 is 0 Å². The van der Waals surface area contributed by atoms with Crippen LogP contribution >= 0.6 is 0 Å². The van der Waals surface area contributed by atoms with Crippen molar-refractivity contribution in [2.75, 3.05) is 45.8 Å². The minimum absolute atomic E-state index is 0.0107. The molecule has 0 radical (unpaired) electrons. The van der Waals surface area contributed by atoms with Crippen molar-refractivity contribution in [3.8, 4) is 0 Å². The minimum atomic E-state index is -0.0933. The van der Waals surface area contributed by atoms with Gasteiger partial charge in [-0.05, 0) is 83.8 Å². The van der Waals surface area contributed by atoms with Crippen LogP contribution in [-0.2, 0) is 24.0 Å². The van der Waals surface area contributed by atoms with E-state index in [1.54, 1.807) is 0 Å². The zero-order valence-corrected chi connectivity index (χ0v) is 55.1. The van der Waals surface area contributed by atoms with Crippen LogP contribution in [0.25, 0.3) is 0 Å². The first-order valence-electron chi connectivity index (χ1n) is 30.8. The fourth-order valence-electron chi connectivity index (χ4n) is 8.13. The summed E-state index contributed by atoms with van der Waals surface area (Å²) < 4.78 is 0. The van der Waals surface area contributed by atoms with Gasteiger partial charge in [0, 0.05) is 97.8 Å². The van der Waals surface area contributed by atoms with E-state index in [1.165, 1.54) is 0 Å². The molecule has 0 aliphatic carbocycles. The fourth-order valence-corrected chi connectivity index (χ4v) is 8.13. The maximum absolute atomic E-state index is 12.1. The van der Waals surface area contributed by atoms with E-state index in [0.717, 1.165) is 96.7 Å². The van der Waals surface area contributed by atoms with Gasteiger partial charge in [0.1, 0.15) is 11.6 Å². The molecular weight excluding hydrogens is 1010 g/mol. The van der Waals surface area contributed by atoms with E-state index in [1.807, 2.05) is 83.1 Å². The lowest BCUT2D eigenvalue weighted by molar-refractivity contribution is -0.126. The van der Waals surface area contributed by atoms with Crippen LogP contribution in [0.3, 0.4) is 0 Å². The summed E-state index contributed by atoms with van der Waals surface area (Å²) in [7, 11) is 0. The van der Waals surface area contributed by atoms with Crippen LogP contribution in [0.2, 0.25) is 0 Å². The second-order valence-corrected chi connectivity index (χ2v) is 24.3. The number of carbonyl (C=O) groups is 5. The van der Waals surface area contributed by atoms with Gasteiger partial charge in [-0.15, -0.1) is 0 Å². The van der Waals surface area contributed by atoms with Crippen LogP contribution in [-0.4, -0.2) is 135 Å². The number of guanidine groups is 2. The first-order valence-corrected chi connectivity index (χ1v) is 30.8. The van der Waals surface area contributed by atoms with Crippen LogP contribution in [0.5, 0.6) is 0 Å². The van der Waals surface area contributed by atoms with Gasteiger partial charge in [0.15, 0.2) is 29.3 Å². The second kappa shape index (κ2) is 53.6. The third-order valence-corrected chi connectivity index (χ3v) is 12.4. The third-order valence-electron chi connectivity index (χ3n) is 12.4. The summed E-state index contributed by atoms with van der Waals surface area (Å²) >= 11 is 0. The average molecular weight is 1140 g/mol. The predicted molar refractivity (Wildman–Crippen MR) is 343 cm³/mol. The average Bonchev–Trinajstić information content (AvgIpc) is 3.35. The van der Waals surface area contributed by atoms with Crippen molar-refractivity contribution in [2.24, 2.45) is 91.5 Å². The predicted octanol–water partition coefficient (Wildman–Crippen LogP) is 6.49. The number of nitrogens with two attached hydrogens (primary N) is 7. The van der Waals surface area contributed by atoms with Gasteiger partial charge >= 0.3 is 0 Å². The van der Waals surface area contributed by atoms with E-state index in [9.17, 15) is 24.0 Å². The number of unbranched alkanes of at least 4 members (excludes halogenated alkanes) is 2. The molecule has 0 rings (SSSR count). The van der Waals surface area contributed by atoms with Gasteiger partial charge in [-0.3, -0.25) is 34.0 Å². The Morgan fingerprint density at radius 2 is 0.575 bits per heavy atom. The highest BCUT2D eigenvalue weighted by Crippen LogP contribution is 2.16. The number of nitrogens with one attached hydrogen (secondary N) is 5. The number of ketones is 5. The van der Waals surface area contributed by atoms with Gasteiger partial charge in [-0.1, -0.05) is 151 Å². The van der Waals surface area contributed by atoms with E-state index < -0.39 is 0 Å². The van der Waals surface area contributed by atoms with E-state index in [4.69, 9.17) is 40.1 Å². The molecule has 19 nitrogen and oxygen atoms in total. The summed E-state index contributed by atoms with van der Waals surface area (Å²) in [5.74, 6) is 2.47. The zero-order valence-electron chi connectivity index (χ0n) is 55.1. The summed E-state index contributed by atoms with van der Waals surface area (Å²) in [6.45, 7) is 45.0. The van der Waals surface area contributed by atoms with Gasteiger partial charge in [0.25, 0.3) is 0 Å². The monoisotopic (exact) mass is 1140 g/mol. The Labute approximate surface area is 490 Å². The quantitative estimate of drug-likeness (QED) is 0.0177. The molecule has 80 heavy (non-hydrogen) atoms. The highest BCUT2D eigenvalue weighted by Gasteiger charge is 2.25. The van der Waals surface area contributed by atoms with Crippen molar-refractivity contribution < 1.29 is 24.0 Å². The standard InChI is InChI=1S/C13H28N4O.C13H28N2O.C12H26N4O.C12H26N2O.C11H24N2O/c1-9(2)12(18)11(8-17-10(3)4)6-5-7-16-13(14)15;1-10(2)13(16)12(7-5-6-8-14)9-15-11(3)4;1-8(2)11(17)10(16-9(3)4)6-5-7-15-12(13)14;1-9(2)12(15)11(14-10(3)4)7-5-6-8-13;1-8(2)11(14)10(6-5-7-12)13-9(3)4/h9-11,17H,5-8H2,1-4H3,(H4,14,15,16);10-12,15H,5-9,14H2,1-4H3;8-10,16H,5-7H2,1-4H3,(H4,13,14,15);9-11,14H,5-8,13H2,1-4H3;8-10,13H,5-7,12H2,1-4H3. The van der Waals surface area contributed by atoms with Gasteiger partial charge < -0.3 is 66.7 Å². The number of hydrogen-bond donors (Lipinski definition) is 12. The van der Waals surface area contributed by atoms with Gasteiger partial charge in [-0.25, -0.2) is 0 Å². The Balaban J connectivity index is -0.000000294. The number of Topliss-reactive ketones (excluding diaryl/α,β-unsaturated/α-hetero) is 5. The highest BCUT2D eigenvalue weighted by molar-refractivity contribution is 5.87. The molecule has 0 aromatic rings. The van der Waals surface area contributed by atoms with E-state index in [0.29, 0.717) is 79.5 Å². The summed E-state index contributed by atoms with van der Waals surface area (Å²) in [5.41, 5.74) is 37.4. The lowest BCUT2D eigenvalue weighted by atomic mass is 9.90. The molecular formula is C61H132N14O5. The van der Waals surface area contributed by atoms with Gasteiger partial charge in [-0.2, -0.15) is 0 Å². The molecule has 476 valence electrons. The van der Waals surface area contributed by atoms with Crippen molar-refractivity contribution in [1.82, 2.24) is 26.6 Å². The van der Waals surface area contributed by atoms with E-state index in [-0.39, 0.29) is 77.3 Å². The number of aliphatic imine (C=N–C) groups is 2. The molecule has 0 spiro atoms. The second-order valence-electron chi connectivity index (χ2n) is 24.3. The topological polar surface area (TPSA) is 352 Å². The Bertz CT molecular complexity index is 1590. The molecule has 5 atom stereocenters. The van der Waals surface area contributed by atoms with Crippen LogP contribution in [0.4, 0.5) is 0 Å². The van der Waals surface area contributed by atoms with Gasteiger partial charge in [0.2, 0.25) is 0 Å². The molecule has 19 N–H and O–H groups in total. The molecule has 0 bridgehead atoms. The zero-order chi connectivity index (χ0) is 63.1. The maximum Gasteiger partial charge on any atom is 0.185 e. The molecule has 0 aromatic heterocycles. The molecule has 0 fully saturated rings. The summed E-state index contributed by atoms with van der Waals surface area (Å²) in [4.78, 5) is 67.5. The summed E-state index contributed by atoms with van der Waals surface area (Å²) in [6, 6.07) is 1.74. The first-order chi connectivity index (χ1) is 37.1. The number of hydrogen-bond acceptors (Lipinski definition) is 15. The number of rotatable bonds is 41. The number of nitrogens with zero attached hydrogens (tertiary/aromatic N) is 2. The van der Waals surface area contributed by atoms with Crippen LogP contribution < -0.4 is 66.7 Å². The first kappa shape index (κ1) is 85.4. The van der Waals surface area contributed by atoms with Crippen LogP contribution in [0.15, 0.2) is 9.98 Å². The molecule has 0 amide bonds. The highest BCUT2D eigenvalue weighted by atomic mass is 16.1. The minimum Gasteiger partial charge on any atom is -0.370 e. The normalized spacial score (nSPS) is 13.2. The molecule has 0 aliphatic heterocycles. The van der Waals surface area contributed by atoms with Crippen molar-refractivity contribution in [2.45, 2.75) is 264 Å². The maximum atomic E-state index is 12.1. The fraction of sp³-hybridized carbons (Fsp3) is 0.885. The number of carbonyl (C=O) groups excluding carboxylic acids is 5. The Morgan fingerprint density at radius 1 is 0.325 bits per heavy atom. The molecule has 0 aromatic carbocycles. The Morgan fingerprint density at radius 3 is 0.825 bits per heavy atom. The Kier molecular flexibility index (Phi) is 57.2. The van der Waals surface area contributed by atoms with Crippen LogP contribution in [0, 0.1) is 41.4 Å². The van der Waals surface area contributed by atoms with Crippen molar-refractivity contribution in [3.63, 3.8) is 0 Å². The SMILES string of the molecule is CC(C)NC(CCCCN)C(=O)C(C)C.CC(C)NC(CCCN)C(=O)C(C)C.CC(C)NC(CCCN=C(N)N)C(=O)C(C)C.CC(C)NCC(CCCCN)C(=O)C(C)C.CC(C)NCC(CCCN=C(N)N)C(=O)C(C)C. The lowest BCUT2D eigenvalue weighted by Crippen LogP contribution is -2.43. The third kappa shape index (κ3) is 53.9. The lowest BCUT2D eigenvalue weighted by Gasteiger charge is -2.21. The molecule has 0 heterocycles. The smallest absolute Gasteiger partial charge is 0.185 e. The van der Waals surface area contributed by atoms with Crippen molar-refractivity contribution >= 4 is 40.8 Å². The molecule has 0 saturated carbocycles. The van der Waals surface area contributed by atoms with Crippen molar-refractivity contribution in [3.05, 3.63) is 0 Å². The van der Waals surface area contributed by atoms with Gasteiger partial charge in [0.05, 0.1) is 18.1 Å². The summed E-state index contributed by atoms with van der Waals surface area (Å²) in [5, 5.41) is 16.6. The molecule has 19 heteroatoms. The summed E-state index contributed by atoms with van der Waals surface area (Å²) in [6.07, 6.45) is 11.0. The Hall–Kier alpha value is -3.43. The molecule has 5 unspecified atom stereocenters. The molecule has 0 aliphatic rings.